The summed E-state index contributed by atoms with van der Waals surface area (Å²) in [5.74, 6) is 1.05. The molecule has 0 bridgehead atoms. The van der Waals surface area contributed by atoms with Crippen LogP contribution in [0.15, 0.2) is 4.99 Å². The fourth-order valence-corrected chi connectivity index (χ4v) is 2.23. The fraction of sp³-hybridized carbons (Fsp3) is 0.938. The minimum absolute atomic E-state index is 0. The SMILES string of the molecule is CCNC(=NCC(C)CO)NCCCN(C(C)C)C(C)C.I. The Morgan fingerprint density at radius 3 is 2.14 bits per heavy atom. The minimum Gasteiger partial charge on any atom is -0.396 e. The van der Waals surface area contributed by atoms with Crippen molar-refractivity contribution >= 4 is 29.9 Å². The summed E-state index contributed by atoms with van der Waals surface area (Å²) in [6.45, 7) is 16.7. The standard InChI is InChI=1S/C16H36N4O.HI/c1-7-17-16(19-11-15(6)12-21)18-9-8-10-20(13(2)3)14(4)5;/h13-15,21H,7-12H2,1-6H3,(H2,17,18,19);1H. The zero-order valence-electron chi connectivity index (χ0n) is 15.2. The fourth-order valence-electron chi connectivity index (χ4n) is 2.23. The van der Waals surface area contributed by atoms with Gasteiger partial charge < -0.3 is 15.7 Å². The number of nitrogens with zero attached hydrogens (tertiary/aromatic N) is 2. The lowest BCUT2D eigenvalue weighted by molar-refractivity contribution is 0.173. The number of aliphatic imine (C=N–C) groups is 1. The molecule has 0 saturated carbocycles. The van der Waals surface area contributed by atoms with E-state index in [0.29, 0.717) is 18.6 Å². The molecule has 6 heteroatoms. The largest absolute Gasteiger partial charge is 0.396 e. The molecule has 0 aromatic carbocycles. The van der Waals surface area contributed by atoms with Gasteiger partial charge >= 0.3 is 0 Å². The second-order valence-electron chi connectivity index (χ2n) is 6.21. The van der Waals surface area contributed by atoms with Gasteiger partial charge in [-0.05, 0) is 47.0 Å². The van der Waals surface area contributed by atoms with Crippen LogP contribution in [0.5, 0.6) is 0 Å². The lowest BCUT2D eigenvalue weighted by Crippen LogP contribution is -2.41. The molecular formula is C16H37IN4O. The molecule has 0 radical (unpaired) electrons. The van der Waals surface area contributed by atoms with Crippen LogP contribution in [0, 0.1) is 5.92 Å². The van der Waals surface area contributed by atoms with Crippen molar-refractivity contribution < 1.29 is 5.11 Å². The predicted octanol–water partition coefficient (Wildman–Crippen LogP) is 2.30. The van der Waals surface area contributed by atoms with E-state index in [4.69, 9.17) is 5.11 Å². The van der Waals surface area contributed by atoms with Gasteiger partial charge in [0.1, 0.15) is 0 Å². The molecule has 0 aliphatic carbocycles. The summed E-state index contributed by atoms with van der Waals surface area (Å²) < 4.78 is 0. The quantitative estimate of drug-likeness (QED) is 0.216. The average molecular weight is 428 g/mol. The van der Waals surface area contributed by atoms with Crippen LogP contribution in [0.2, 0.25) is 0 Å². The molecule has 0 amide bonds. The van der Waals surface area contributed by atoms with Crippen molar-refractivity contribution in [2.24, 2.45) is 10.9 Å². The maximum Gasteiger partial charge on any atom is 0.191 e. The van der Waals surface area contributed by atoms with Crippen molar-refractivity contribution in [3.8, 4) is 0 Å². The van der Waals surface area contributed by atoms with E-state index in [1.165, 1.54) is 0 Å². The molecule has 1 atom stereocenters. The second-order valence-corrected chi connectivity index (χ2v) is 6.21. The topological polar surface area (TPSA) is 59.9 Å². The molecule has 0 aliphatic heterocycles. The normalized spacial score (nSPS) is 13.5. The van der Waals surface area contributed by atoms with Crippen LogP contribution >= 0.6 is 24.0 Å². The minimum atomic E-state index is 0. The van der Waals surface area contributed by atoms with Crippen molar-refractivity contribution in [1.82, 2.24) is 15.5 Å². The van der Waals surface area contributed by atoms with Gasteiger partial charge in [0, 0.05) is 44.9 Å². The van der Waals surface area contributed by atoms with E-state index in [9.17, 15) is 0 Å². The third kappa shape index (κ3) is 11.5. The van der Waals surface area contributed by atoms with Gasteiger partial charge in [-0.25, -0.2) is 0 Å². The van der Waals surface area contributed by atoms with Crippen LogP contribution in [0.3, 0.4) is 0 Å². The zero-order valence-corrected chi connectivity index (χ0v) is 17.6. The van der Waals surface area contributed by atoms with Crippen molar-refractivity contribution in [2.75, 3.05) is 32.8 Å². The summed E-state index contributed by atoms with van der Waals surface area (Å²) in [6, 6.07) is 1.16. The number of hydrogen-bond donors (Lipinski definition) is 3. The van der Waals surface area contributed by atoms with Crippen molar-refractivity contribution in [3.63, 3.8) is 0 Å². The number of guanidine groups is 1. The molecule has 1 unspecified atom stereocenters. The van der Waals surface area contributed by atoms with Crippen LogP contribution in [0.25, 0.3) is 0 Å². The van der Waals surface area contributed by atoms with Crippen LogP contribution < -0.4 is 10.6 Å². The van der Waals surface area contributed by atoms with Crippen LogP contribution in [-0.2, 0) is 0 Å². The van der Waals surface area contributed by atoms with E-state index in [1.807, 2.05) is 6.92 Å². The van der Waals surface area contributed by atoms with Crippen LogP contribution in [0.1, 0.15) is 48.0 Å². The maximum absolute atomic E-state index is 9.04. The summed E-state index contributed by atoms with van der Waals surface area (Å²) in [5, 5.41) is 15.6. The van der Waals surface area contributed by atoms with E-state index < -0.39 is 0 Å². The molecule has 0 fully saturated rings. The summed E-state index contributed by atoms with van der Waals surface area (Å²) in [5.41, 5.74) is 0. The zero-order chi connectivity index (χ0) is 16.3. The van der Waals surface area contributed by atoms with Gasteiger partial charge in [0.2, 0.25) is 0 Å². The Morgan fingerprint density at radius 1 is 1.09 bits per heavy atom. The monoisotopic (exact) mass is 428 g/mol. The number of aliphatic hydroxyl groups is 1. The van der Waals surface area contributed by atoms with E-state index in [2.05, 4.69) is 55.1 Å². The summed E-state index contributed by atoms with van der Waals surface area (Å²) >= 11 is 0. The Hall–Kier alpha value is -0.0800. The van der Waals surface area contributed by atoms with Gasteiger partial charge in [0.05, 0.1) is 0 Å². The molecule has 0 aliphatic rings. The molecule has 134 valence electrons. The highest BCUT2D eigenvalue weighted by Crippen LogP contribution is 2.05. The molecule has 0 aromatic heterocycles. The van der Waals surface area contributed by atoms with Crippen LogP contribution in [-0.4, -0.2) is 60.8 Å². The Labute approximate surface area is 154 Å². The van der Waals surface area contributed by atoms with E-state index in [1.54, 1.807) is 0 Å². The highest BCUT2D eigenvalue weighted by Gasteiger charge is 2.12. The Morgan fingerprint density at radius 2 is 1.68 bits per heavy atom. The number of aliphatic hydroxyl groups excluding tert-OH is 1. The maximum atomic E-state index is 9.04. The Balaban J connectivity index is 0. The van der Waals surface area contributed by atoms with Crippen molar-refractivity contribution in [2.45, 2.75) is 60.0 Å². The van der Waals surface area contributed by atoms with Gasteiger partial charge in [-0.1, -0.05) is 6.92 Å². The molecule has 0 aromatic rings. The predicted molar refractivity (Wildman–Crippen MR) is 107 cm³/mol. The number of hydrogen-bond acceptors (Lipinski definition) is 3. The lowest BCUT2D eigenvalue weighted by Gasteiger charge is -2.30. The molecule has 3 N–H and O–H groups in total. The molecular weight excluding hydrogens is 391 g/mol. The van der Waals surface area contributed by atoms with Crippen molar-refractivity contribution in [1.29, 1.82) is 0 Å². The number of nitrogens with one attached hydrogen (secondary N) is 2. The third-order valence-corrected chi connectivity index (χ3v) is 3.43. The average Bonchev–Trinajstić information content (AvgIpc) is 2.42. The van der Waals surface area contributed by atoms with Gasteiger partial charge in [-0.3, -0.25) is 9.89 Å². The first kappa shape index (κ1) is 24.2. The first-order valence-electron chi connectivity index (χ1n) is 8.31. The summed E-state index contributed by atoms with van der Waals surface area (Å²) in [7, 11) is 0. The Bertz CT molecular complexity index is 277. The summed E-state index contributed by atoms with van der Waals surface area (Å²) in [4.78, 5) is 6.99. The van der Waals surface area contributed by atoms with E-state index >= 15 is 0 Å². The molecule has 0 heterocycles. The number of rotatable bonds is 10. The van der Waals surface area contributed by atoms with E-state index in [0.717, 1.165) is 32.0 Å². The van der Waals surface area contributed by atoms with Gasteiger partial charge in [0.25, 0.3) is 0 Å². The van der Waals surface area contributed by atoms with Gasteiger partial charge in [-0.15, -0.1) is 24.0 Å². The van der Waals surface area contributed by atoms with Gasteiger partial charge in [-0.2, -0.15) is 0 Å². The highest BCUT2D eigenvalue weighted by molar-refractivity contribution is 14.0. The number of halogens is 1. The first-order valence-corrected chi connectivity index (χ1v) is 8.31. The molecule has 5 nitrogen and oxygen atoms in total. The Kier molecular flexibility index (Phi) is 15.9. The van der Waals surface area contributed by atoms with E-state index in [-0.39, 0.29) is 36.5 Å². The van der Waals surface area contributed by atoms with Crippen molar-refractivity contribution in [3.05, 3.63) is 0 Å². The lowest BCUT2D eigenvalue weighted by atomic mass is 10.2. The molecule has 0 saturated heterocycles. The first-order chi connectivity index (χ1) is 9.92. The van der Waals surface area contributed by atoms with Gasteiger partial charge in [0.15, 0.2) is 5.96 Å². The molecule has 22 heavy (non-hydrogen) atoms. The summed E-state index contributed by atoms with van der Waals surface area (Å²) in [6.07, 6.45) is 1.09. The van der Waals surface area contributed by atoms with Crippen LogP contribution in [0.4, 0.5) is 0 Å². The molecule has 0 spiro atoms. The smallest absolute Gasteiger partial charge is 0.191 e. The molecule has 0 rings (SSSR count). The second kappa shape index (κ2) is 14.5. The highest BCUT2D eigenvalue weighted by atomic mass is 127. The third-order valence-electron chi connectivity index (χ3n) is 3.43.